The van der Waals surface area contributed by atoms with Crippen molar-refractivity contribution in [3.05, 3.63) is 126 Å². The highest BCUT2D eigenvalue weighted by molar-refractivity contribution is 5.75. The van der Waals surface area contributed by atoms with Crippen molar-refractivity contribution in [1.82, 2.24) is 9.78 Å². The molecule has 0 aliphatic heterocycles. The van der Waals surface area contributed by atoms with E-state index < -0.39 is 12.6 Å². The summed E-state index contributed by atoms with van der Waals surface area (Å²) in [6, 6.07) is 33.3. The molecular weight excluding hydrogens is 495 g/mol. The van der Waals surface area contributed by atoms with Gasteiger partial charge in [-0.2, -0.15) is 5.10 Å². The van der Waals surface area contributed by atoms with Gasteiger partial charge in [-0.25, -0.2) is 9.18 Å². The minimum absolute atomic E-state index is 0.318. The number of carbonyl (C=O) groups is 1. The normalized spacial score (nSPS) is 10.8. The Balaban J connectivity index is 1.51. The Morgan fingerprint density at radius 3 is 2.21 bits per heavy atom. The lowest BCUT2D eigenvalue weighted by atomic mass is 10.1. The van der Waals surface area contributed by atoms with Gasteiger partial charge < -0.3 is 14.6 Å². The summed E-state index contributed by atoms with van der Waals surface area (Å²) < 4.78 is 27.2. The number of rotatable bonds is 11. The third-order valence-corrected chi connectivity index (χ3v) is 6.20. The first-order chi connectivity index (χ1) is 19.0. The van der Waals surface area contributed by atoms with Crippen molar-refractivity contribution in [2.24, 2.45) is 0 Å². The van der Waals surface area contributed by atoms with Crippen molar-refractivity contribution >= 4 is 5.97 Å². The molecule has 0 spiro atoms. The molecule has 39 heavy (non-hydrogen) atoms. The zero-order valence-electron chi connectivity index (χ0n) is 21.2. The van der Waals surface area contributed by atoms with E-state index in [1.165, 1.54) is 17.7 Å². The molecule has 5 rings (SSSR count). The second kappa shape index (κ2) is 12.1. The molecule has 0 atom stereocenters. The summed E-state index contributed by atoms with van der Waals surface area (Å²) in [7, 11) is 0. The van der Waals surface area contributed by atoms with Gasteiger partial charge in [0.25, 0.3) is 0 Å². The van der Waals surface area contributed by atoms with Crippen LogP contribution in [0.1, 0.15) is 11.1 Å². The van der Waals surface area contributed by atoms with Gasteiger partial charge in [0.1, 0.15) is 23.9 Å². The van der Waals surface area contributed by atoms with E-state index in [9.17, 15) is 14.3 Å². The number of hydrogen-bond acceptors (Lipinski definition) is 4. The van der Waals surface area contributed by atoms with Crippen LogP contribution in [0.3, 0.4) is 0 Å². The molecule has 0 fully saturated rings. The van der Waals surface area contributed by atoms with Gasteiger partial charge in [0.15, 0.2) is 6.61 Å². The summed E-state index contributed by atoms with van der Waals surface area (Å²) in [5.74, 6) is -0.422. The fourth-order valence-electron chi connectivity index (χ4n) is 4.26. The van der Waals surface area contributed by atoms with E-state index in [0.29, 0.717) is 35.9 Å². The zero-order valence-corrected chi connectivity index (χ0v) is 21.2. The summed E-state index contributed by atoms with van der Waals surface area (Å²) >= 11 is 0. The topological polar surface area (TPSA) is 73.6 Å². The molecule has 0 amide bonds. The van der Waals surface area contributed by atoms with Gasteiger partial charge in [-0.1, -0.05) is 60.7 Å². The van der Waals surface area contributed by atoms with Crippen LogP contribution >= 0.6 is 0 Å². The molecule has 0 aliphatic carbocycles. The van der Waals surface area contributed by atoms with Gasteiger partial charge in [-0.3, -0.25) is 4.68 Å². The molecular formula is C32H27FN2O4. The summed E-state index contributed by atoms with van der Waals surface area (Å²) in [6.45, 7) is 0.477. The average molecular weight is 523 g/mol. The van der Waals surface area contributed by atoms with Crippen molar-refractivity contribution in [1.29, 1.82) is 0 Å². The first kappa shape index (κ1) is 25.7. The van der Waals surface area contributed by atoms with Crippen LogP contribution in [0.4, 0.5) is 4.39 Å². The maximum absolute atomic E-state index is 13.7. The lowest BCUT2D eigenvalue weighted by molar-refractivity contribution is -0.139. The van der Waals surface area contributed by atoms with Gasteiger partial charge in [0, 0.05) is 17.7 Å². The van der Waals surface area contributed by atoms with Crippen LogP contribution in [-0.4, -0.2) is 27.5 Å². The van der Waals surface area contributed by atoms with E-state index in [0.717, 1.165) is 23.2 Å². The van der Waals surface area contributed by atoms with Gasteiger partial charge in [0.05, 0.1) is 11.4 Å². The predicted molar refractivity (Wildman–Crippen MR) is 147 cm³/mol. The summed E-state index contributed by atoms with van der Waals surface area (Å²) in [4.78, 5) is 11.2. The quantitative estimate of drug-likeness (QED) is 0.211. The molecule has 1 heterocycles. The second-order valence-electron chi connectivity index (χ2n) is 9.00. The van der Waals surface area contributed by atoms with Gasteiger partial charge in [-0.05, 0) is 66.1 Å². The van der Waals surface area contributed by atoms with Crippen LogP contribution in [0.5, 0.6) is 11.5 Å². The lowest BCUT2D eigenvalue weighted by Crippen LogP contribution is -2.10. The van der Waals surface area contributed by atoms with Crippen LogP contribution < -0.4 is 9.47 Å². The van der Waals surface area contributed by atoms with Crippen LogP contribution in [-0.2, 0) is 24.4 Å². The lowest BCUT2D eigenvalue weighted by Gasteiger charge is -2.12. The number of nitrogens with zero attached hydrogens (tertiary/aromatic N) is 2. The molecule has 0 unspecified atom stereocenters. The molecule has 0 bridgehead atoms. The number of hydrogen-bond donors (Lipinski definition) is 1. The molecule has 0 radical (unpaired) electrons. The first-order valence-corrected chi connectivity index (χ1v) is 12.6. The monoisotopic (exact) mass is 522 g/mol. The van der Waals surface area contributed by atoms with Gasteiger partial charge in [0.2, 0.25) is 0 Å². The number of aliphatic carboxylic acids is 1. The second-order valence-corrected chi connectivity index (χ2v) is 9.00. The summed E-state index contributed by atoms with van der Waals surface area (Å²) in [5.41, 5.74) is 5.00. The van der Waals surface area contributed by atoms with Gasteiger partial charge in [-0.15, -0.1) is 0 Å². The average Bonchev–Trinajstić information content (AvgIpc) is 3.39. The molecule has 0 saturated carbocycles. The Kier molecular flexibility index (Phi) is 7.98. The predicted octanol–water partition coefficient (Wildman–Crippen LogP) is 6.64. The Labute approximate surface area is 225 Å². The number of carboxylic acid groups (broad SMARTS) is 1. The minimum Gasteiger partial charge on any atom is -0.489 e. The number of halogens is 1. The number of carboxylic acids is 1. The zero-order chi connectivity index (χ0) is 27.0. The fourth-order valence-corrected chi connectivity index (χ4v) is 4.26. The Morgan fingerprint density at radius 2 is 1.51 bits per heavy atom. The van der Waals surface area contributed by atoms with E-state index in [-0.39, 0.29) is 5.82 Å². The largest absolute Gasteiger partial charge is 0.489 e. The highest BCUT2D eigenvalue weighted by atomic mass is 19.1. The smallest absolute Gasteiger partial charge is 0.341 e. The molecule has 1 N–H and O–H groups in total. The number of aromatic nitrogens is 2. The highest BCUT2D eigenvalue weighted by Gasteiger charge is 2.17. The van der Waals surface area contributed by atoms with Crippen LogP contribution in [0, 0.1) is 5.82 Å². The standard InChI is InChI=1S/C32H27FN2O4/c33-26-13-11-25(12-14-26)30-20-29(34-35(30)18-17-23-7-3-1-4-8-23)28-19-27(15-16-31(28)39-22-32(36)37)38-21-24-9-5-2-6-10-24/h1-16,19-20H,17-18,21-22H2,(H,36,37). The van der Waals surface area contributed by atoms with Crippen LogP contribution in [0.25, 0.3) is 22.5 Å². The Morgan fingerprint density at radius 1 is 0.821 bits per heavy atom. The van der Waals surface area contributed by atoms with Crippen molar-refractivity contribution in [3.8, 4) is 34.0 Å². The molecule has 1 aromatic heterocycles. The first-order valence-electron chi connectivity index (χ1n) is 12.6. The van der Waals surface area contributed by atoms with Crippen LogP contribution in [0.15, 0.2) is 109 Å². The Hall–Kier alpha value is -4.91. The van der Waals surface area contributed by atoms with E-state index >= 15 is 0 Å². The van der Waals surface area contributed by atoms with Crippen molar-refractivity contribution in [2.75, 3.05) is 6.61 Å². The molecule has 5 aromatic rings. The van der Waals surface area contributed by atoms with Crippen molar-refractivity contribution < 1.29 is 23.8 Å². The van der Waals surface area contributed by atoms with Crippen molar-refractivity contribution in [3.63, 3.8) is 0 Å². The molecule has 0 aliphatic rings. The molecule has 6 nitrogen and oxygen atoms in total. The van der Waals surface area contributed by atoms with Crippen molar-refractivity contribution in [2.45, 2.75) is 19.6 Å². The molecule has 4 aromatic carbocycles. The summed E-state index contributed by atoms with van der Waals surface area (Å²) in [6.07, 6.45) is 0.749. The van der Waals surface area contributed by atoms with E-state index in [1.807, 2.05) is 59.3 Å². The Bertz CT molecular complexity index is 1530. The molecule has 0 saturated heterocycles. The number of aryl methyl sites for hydroxylation is 2. The maximum atomic E-state index is 13.7. The van der Waals surface area contributed by atoms with E-state index in [4.69, 9.17) is 14.6 Å². The molecule has 7 heteroatoms. The summed E-state index contributed by atoms with van der Waals surface area (Å²) in [5, 5.41) is 14.1. The fraction of sp³-hybridized carbons (Fsp3) is 0.125. The minimum atomic E-state index is -1.08. The SMILES string of the molecule is O=C(O)COc1ccc(OCc2ccccc2)cc1-c1cc(-c2ccc(F)cc2)n(CCc2ccccc2)n1. The third kappa shape index (κ3) is 6.70. The number of ether oxygens (including phenoxy) is 2. The van der Waals surface area contributed by atoms with E-state index in [1.54, 1.807) is 30.3 Å². The van der Waals surface area contributed by atoms with E-state index in [2.05, 4.69) is 12.1 Å². The molecule has 196 valence electrons. The number of benzene rings is 4. The maximum Gasteiger partial charge on any atom is 0.341 e. The van der Waals surface area contributed by atoms with Crippen LogP contribution in [0.2, 0.25) is 0 Å². The highest BCUT2D eigenvalue weighted by Crippen LogP contribution is 2.35. The van der Waals surface area contributed by atoms with Gasteiger partial charge >= 0.3 is 5.97 Å². The third-order valence-electron chi connectivity index (χ3n) is 6.20.